The zero-order valence-electron chi connectivity index (χ0n) is 21.3. The summed E-state index contributed by atoms with van der Waals surface area (Å²) >= 11 is 8.79. The average molecular weight is 587 g/mol. The van der Waals surface area contributed by atoms with Gasteiger partial charge in [0.05, 0.1) is 12.4 Å². The molecular weight excluding hydrogens is 564 g/mol. The van der Waals surface area contributed by atoms with Crippen LogP contribution in [0.1, 0.15) is 17.3 Å². The average Bonchev–Trinajstić information content (AvgIpc) is 3.40. The van der Waals surface area contributed by atoms with E-state index in [2.05, 4.69) is 15.5 Å². The van der Waals surface area contributed by atoms with E-state index in [1.807, 2.05) is 78.9 Å². The number of amides is 1. The number of aromatic nitrogens is 3. The first-order chi connectivity index (χ1) is 19.5. The fraction of sp³-hybridized carbons (Fsp3) is 0.100. The molecule has 0 saturated heterocycles. The van der Waals surface area contributed by atoms with Crippen molar-refractivity contribution >= 4 is 51.6 Å². The van der Waals surface area contributed by atoms with Gasteiger partial charge in [-0.1, -0.05) is 102 Å². The van der Waals surface area contributed by atoms with Gasteiger partial charge in [-0.2, -0.15) is 0 Å². The van der Waals surface area contributed by atoms with Crippen LogP contribution in [0.5, 0.6) is 0 Å². The number of nitrogens with one attached hydrogen (secondary N) is 1. The number of esters is 1. The number of hydrogen-bond donors (Lipinski definition) is 1. The standard InChI is InChI=1S/C30H23ClN4O3S2/c1-2-38-29(37)25-22(21-15-9-10-16-23(21)31)17-39-28(25)32-24(36)18-40-30-33-26(19-11-5-3-6-12-19)27(34-35-30)20-13-7-4-8-14-20/h3-17H,2,18H2,1H3,(H,32,36). The number of carbonyl (C=O) groups is 2. The molecule has 0 unspecified atom stereocenters. The lowest BCUT2D eigenvalue weighted by atomic mass is 10.0. The molecule has 0 atom stereocenters. The van der Waals surface area contributed by atoms with Gasteiger partial charge in [0.1, 0.15) is 22.0 Å². The number of benzene rings is 3. The summed E-state index contributed by atoms with van der Waals surface area (Å²) in [6, 6.07) is 26.7. The molecule has 0 radical (unpaired) electrons. The SMILES string of the molecule is CCOC(=O)c1c(-c2ccccc2Cl)csc1NC(=O)CSc1nnc(-c2ccccc2)c(-c2ccccc2)n1. The van der Waals surface area contributed by atoms with Crippen molar-refractivity contribution in [2.75, 3.05) is 17.7 Å². The van der Waals surface area contributed by atoms with Gasteiger partial charge in [0.15, 0.2) is 0 Å². The Balaban J connectivity index is 1.37. The van der Waals surface area contributed by atoms with Gasteiger partial charge in [0.2, 0.25) is 11.1 Å². The number of thiophene rings is 1. The molecule has 0 aliphatic rings. The van der Waals surface area contributed by atoms with Crippen LogP contribution in [-0.2, 0) is 9.53 Å². The molecule has 0 aliphatic carbocycles. The molecule has 7 nitrogen and oxygen atoms in total. The van der Waals surface area contributed by atoms with E-state index in [1.54, 1.807) is 18.4 Å². The Kier molecular flexibility index (Phi) is 8.85. The third-order valence-corrected chi connectivity index (χ3v) is 7.84. The number of halogens is 1. The van der Waals surface area contributed by atoms with Gasteiger partial charge in [-0.3, -0.25) is 4.79 Å². The second kappa shape index (κ2) is 12.9. The molecular formula is C30H23ClN4O3S2. The predicted octanol–water partition coefficient (Wildman–Crippen LogP) is 7.50. The van der Waals surface area contributed by atoms with Crippen molar-refractivity contribution in [2.24, 2.45) is 0 Å². The fourth-order valence-electron chi connectivity index (χ4n) is 3.99. The molecule has 5 rings (SSSR count). The summed E-state index contributed by atoms with van der Waals surface area (Å²) in [5.41, 5.74) is 4.69. The molecule has 40 heavy (non-hydrogen) atoms. The van der Waals surface area contributed by atoms with Crippen LogP contribution in [0.15, 0.2) is 95.5 Å². The lowest BCUT2D eigenvalue weighted by molar-refractivity contribution is -0.113. The van der Waals surface area contributed by atoms with Gasteiger partial charge in [-0.25, -0.2) is 9.78 Å². The van der Waals surface area contributed by atoms with E-state index >= 15 is 0 Å². The Morgan fingerprint density at radius 1 is 0.875 bits per heavy atom. The van der Waals surface area contributed by atoms with Crippen molar-refractivity contribution in [1.29, 1.82) is 0 Å². The van der Waals surface area contributed by atoms with Crippen LogP contribution < -0.4 is 5.32 Å². The maximum absolute atomic E-state index is 13.0. The summed E-state index contributed by atoms with van der Waals surface area (Å²) in [5.74, 6) is -0.833. The van der Waals surface area contributed by atoms with Gasteiger partial charge < -0.3 is 10.1 Å². The Hall–Kier alpha value is -4.05. The molecule has 2 heterocycles. The quantitative estimate of drug-likeness (QED) is 0.141. The molecule has 0 saturated carbocycles. The fourth-order valence-corrected chi connectivity index (χ4v) is 5.78. The molecule has 2 aromatic heterocycles. The lowest BCUT2D eigenvalue weighted by Crippen LogP contribution is -2.16. The molecule has 0 fully saturated rings. The molecule has 1 amide bonds. The van der Waals surface area contributed by atoms with Gasteiger partial charge in [0.25, 0.3) is 0 Å². The van der Waals surface area contributed by atoms with Gasteiger partial charge >= 0.3 is 5.97 Å². The van der Waals surface area contributed by atoms with Crippen molar-refractivity contribution in [3.8, 4) is 33.6 Å². The van der Waals surface area contributed by atoms with Gasteiger partial charge in [0, 0.05) is 32.7 Å². The second-order valence-corrected chi connectivity index (χ2v) is 10.6. The van der Waals surface area contributed by atoms with Gasteiger partial charge in [-0.05, 0) is 13.0 Å². The topological polar surface area (TPSA) is 94.1 Å². The maximum Gasteiger partial charge on any atom is 0.341 e. The highest BCUT2D eigenvalue weighted by atomic mass is 35.5. The predicted molar refractivity (Wildman–Crippen MR) is 161 cm³/mol. The zero-order valence-corrected chi connectivity index (χ0v) is 23.7. The van der Waals surface area contributed by atoms with Crippen LogP contribution in [0.4, 0.5) is 5.00 Å². The molecule has 10 heteroatoms. The Labute approximate surface area is 244 Å². The number of hydrogen-bond acceptors (Lipinski definition) is 8. The van der Waals surface area contributed by atoms with E-state index in [4.69, 9.17) is 21.3 Å². The van der Waals surface area contributed by atoms with Gasteiger partial charge in [-0.15, -0.1) is 21.5 Å². The molecule has 0 bridgehead atoms. The number of rotatable bonds is 9. The minimum atomic E-state index is -0.529. The number of nitrogens with zero attached hydrogens (tertiary/aromatic N) is 3. The number of thioether (sulfide) groups is 1. The zero-order chi connectivity index (χ0) is 27.9. The van der Waals surface area contributed by atoms with Crippen LogP contribution in [0.2, 0.25) is 5.02 Å². The maximum atomic E-state index is 13.0. The Bertz CT molecular complexity index is 1650. The van der Waals surface area contributed by atoms with Crippen LogP contribution in [0.3, 0.4) is 0 Å². The monoisotopic (exact) mass is 586 g/mol. The first kappa shape index (κ1) is 27.5. The van der Waals surface area contributed by atoms with E-state index < -0.39 is 5.97 Å². The summed E-state index contributed by atoms with van der Waals surface area (Å²) in [5, 5.41) is 14.6. The molecule has 3 aromatic carbocycles. The summed E-state index contributed by atoms with van der Waals surface area (Å²) in [6.07, 6.45) is 0. The second-order valence-electron chi connectivity index (χ2n) is 8.41. The molecule has 0 spiro atoms. The van der Waals surface area contributed by atoms with E-state index in [9.17, 15) is 9.59 Å². The summed E-state index contributed by atoms with van der Waals surface area (Å²) in [4.78, 5) is 30.6. The molecule has 200 valence electrons. The first-order valence-electron chi connectivity index (χ1n) is 12.4. The third kappa shape index (κ3) is 6.22. The number of anilines is 1. The van der Waals surface area contributed by atoms with E-state index in [0.717, 1.165) is 22.9 Å². The minimum absolute atomic E-state index is 0.0161. The summed E-state index contributed by atoms with van der Waals surface area (Å²) in [7, 11) is 0. The third-order valence-electron chi connectivity index (χ3n) is 5.78. The first-order valence-corrected chi connectivity index (χ1v) is 14.6. The van der Waals surface area contributed by atoms with Crippen LogP contribution in [0.25, 0.3) is 33.6 Å². The van der Waals surface area contributed by atoms with Crippen molar-refractivity contribution in [1.82, 2.24) is 15.2 Å². The number of carbonyl (C=O) groups excluding carboxylic acids is 2. The van der Waals surface area contributed by atoms with E-state index in [-0.39, 0.29) is 23.8 Å². The molecule has 5 aromatic rings. The Morgan fingerprint density at radius 2 is 1.52 bits per heavy atom. The Morgan fingerprint density at radius 3 is 2.20 bits per heavy atom. The lowest BCUT2D eigenvalue weighted by Gasteiger charge is -2.10. The normalized spacial score (nSPS) is 10.8. The smallest absolute Gasteiger partial charge is 0.341 e. The van der Waals surface area contributed by atoms with Crippen LogP contribution in [0, 0.1) is 0 Å². The summed E-state index contributed by atoms with van der Waals surface area (Å²) < 4.78 is 5.28. The molecule has 0 aliphatic heterocycles. The largest absolute Gasteiger partial charge is 0.462 e. The highest BCUT2D eigenvalue weighted by molar-refractivity contribution is 7.99. The van der Waals surface area contributed by atoms with Crippen molar-refractivity contribution < 1.29 is 14.3 Å². The van der Waals surface area contributed by atoms with Crippen LogP contribution in [-0.4, -0.2) is 39.4 Å². The van der Waals surface area contributed by atoms with E-state index in [1.165, 1.54) is 11.3 Å². The van der Waals surface area contributed by atoms with Crippen molar-refractivity contribution in [3.63, 3.8) is 0 Å². The van der Waals surface area contributed by atoms with Crippen molar-refractivity contribution in [2.45, 2.75) is 12.1 Å². The highest BCUT2D eigenvalue weighted by Gasteiger charge is 2.24. The summed E-state index contributed by atoms with van der Waals surface area (Å²) in [6.45, 7) is 1.93. The molecule has 1 N–H and O–H groups in total. The minimum Gasteiger partial charge on any atom is -0.462 e. The van der Waals surface area contributed by atoms with Crippen molar-refractivity contribution in [3.05, 3.63) is 101 Å². The van der Waals surface area contributed by atoms with E-state index in [0.29, 0.717) is 37.7 Å². The van der Waals surface area contributed by atoms with Crippen LogP contribution >= 0.6 is 34.7 Å². The number of ether oxygens (including phenoxy) is 1. The highest BCUT2D eigenvalue weighted by Crippen LogP contribution is 2.39.